The van der Waals surface area contributed by atoms with Gasteiger partial charge in [-0.25, -0.2) is 0 Å². The van der Waals surface area contributed by atoms with E-state index in [0.29, 0.717) is 6.04 Å². The van der Waals surface area contributed by atoms with Gasteiger partial charge in [-0.1, -0.05) is 12.1 Å². The van der Waals surface area contributed by atoms with Crippen LogP contribution in [0.3, 0.4) is 0 Å². The molecule has 1 aromatic carbocycles. The van der Waals surface area contributed by atoms with E-state index in [0.717, 1.165) is 30.0 Å². The maximum Gasteiger partial charge on any atom is 0.122 e. The molecule has 0 unspecified atom stereocenters. The highest BCUT2D eigenvalue weighted by Gasteiger charge is 2.42. The number of nitrogens with one attached hydrogen (secondary N) is 1. The minimum Gasteiger partial charge on any atom is -0.496 e. The van der Waals surface area contributed by atoms with Crippen molar-refractivity contribution in [3.63, 3.8) is 0 Å². The molecular formula is C18H25NO. The summed E-state index contributed by atoms with van der Waals surface area (Å²) in [6, 6.07) is 7.98. The van der Waals surface area contributed by atoms with Crippen LogP contribution in [0.1, 0.15) is 43.2 Å². The van der Waals surface area contributed by atoms with Gasteiger partial charge in [0.1, 0.15) is 5.75 Å². The van der Waals surface area contributed by atoms with Crippen LogP contribution in [0.15, 0.2) is 18.2 Å². The molecule has 0 aromatic heterocycles. The van der Waals surface area contributed by atoms with Gasteiger partial charge in [0.25, 0.3) is 0 Å². The van der Waals surface area contributed by atoms with Crippen LogP contribution in [0.4, 0.5) is 0 Å². The van der Waals surface area contributed by atoms with E-state index in [-0.39, 0.29) is 0 Å². The quantitative estimate of drug-likeness (QED) is 0.887. The van der Waals surface area contributed by atoms with Crippen molar-refractivity contribution in [2.24, 2.45) is 11.8 Å². The van der Waals surface area contributed by atoms with E-state index in [2.05, 4.69) is 23.5 Å². The molecule has 0 heterocycles. The standard InChI is InChI=1S/C18H25NO/c1-20-17-4-2-3-12-9-10-15(11-16(12)17)19-18(13-5-6-13)14-7-8-14/h2-4,13-15,18-19H,5-11H2,1H3/t15-/m1/s1. The van der Waals surface area contributed by atoms with E-state index in [4.69, 9.17) is 4.74 Å². The maximum atomic E-state index is 5.56. The first kappa shape index (κ1) is 12.7. The molecule has 4 rings (SSSR count). The Morgan fingerprint density at radius 3 is 2.50 bits per heavy atom. The molecule has 0 amide bonds. The molecular weight excluding hydrogens is 246 g/mol. The van der Waals surface area contributed by atoms with Crippen molar-refractivity contribution in [3.05, 3.63) is 29.3 Å². The van der Waals surface area contributed by atoms with Crippen molar-refractivity contribution in [2.75, 3.05) is 7.11 Å². The van der Waals surface area contributed by atoms with Gasteiger partial charge in [0.15, 0.2) is 0 Å². The van der Waals surface area contributed by atoms with Gasteiger partial charge in [-0.05, 0) is 74.0 Å². The van der Waals surface area contributed by atoms with E-state index < -0.39 is 0 Å². The largest absolute Gasteiger partial charge is 0.496 e. The lowest BCUT2D eigenvalue weighted by molar-refractivity contribution is 0.333. The lowest BCUT2D eigenvalue weighted by Crippen LogP contribution is -2.44. The molecule has 3 aliphatic carbocycles. The van der Waals surface area contributed by atoms with Gasteiger partial charge in [-0.3, -0.25) is 0 Å². The fourth-order valence-electron chi connectivity index (χ4n) is 3.93. The third-order valence-electron chi connectivity index (χ3n) is 5.35. The predicted molar refractivity (Wildman–Crippen MR) is 81.2 cm³/mol. The Hall–Kier alpha value is -1.02. The summed E-state index contributed by atoms with van der Waals surface area (Å²) in [5.41, 5.74) is 2.95. The Labute approximate surface area is 121 Å². The summed E-state index contributed by atoms with van der Waals surface area (Å²) in [5.74, 6) is 3.06. The van der Waals surface area contributed by atoms with Crippen LogP contribution in [-0.4, -0.2) is 19.2 Å². The van der Waals surface area contributed by atoms with Crippen LogP contribution in [0.25, 0.3) is 0 Å². The molecule has 0 saturated heterocycles. The summed E-state index contributed by atoms with van der Waals surface area (Å²) < 4.78 is 5.56. The monoisotopic (exact) mass is 271 g/mol. The first-order valence-corrected chi connectivity index (χ1v) is 8.26. The normalized spacial score (nSPS) is 25.6. The van der Waals surface area contributed by atoms with Crippen molar-refractivity contribution in [1.29, 1.82) is 0 Å². The molecule has 1 N–H and O–H groups in total. The lowest BCUT2D eigenvalue weighted by atomic mass is 9.87. The van der Waals surface area contributed by atoms with E-state index in [1.54, 1.807) is 7.11 Å². The average Bonchev–Trinajstić information content (AvgIpc) is 3.37. The number of rotatable bonds is 5. The van der Waals surface area contributed by atoms with Crippen molar-refractivity contribution in [3.8, 4) is 5.75 Å². The third-order valence-corrected chi connectivity index (χ3v) is 5.35. The van der Waals surface area contributed by atoms with Gasteiger partial charge in [0, 0.05) is 12.1 Å². The van der Waals surface area contributed by atoms with E-state index in [1.807, 2.05) is 0 Å². The number of hydrogen-bond acceptors (Lipinski definition) is 2. The first-order chi connectivity index (χ1) is 9.85. The average molecular weight is 271 g/mol. The summed E-state index contributed by atoms with van der Waals surface area (Å²) in [6.45, 7) is 0. The Balaban J connectivity index is 1.48. The summed E-state index contributed by atoms with van der Waals surface area (Å²) in [5, 5.41) is 4.02. The molecule has 1 aromatic rings. The van der Waals surface area contributed by atoms with Gasteiger partial charge in [-0.2, -0.15) is 0 Å². The fraction of sp³-hybridized carbons (Fsp3) is 0.667. The van der Waals surface area contributed by atoms with Crippen molar-refractivity contribution < 1.29 is 4.74 Å². The van der Waals surface area contributed by atoms with Gasteiger partial charge in [-0.15, -0.1) is 0 Å². The van der Waals surface area contributed by atoms with E-state index >= 15 is 0 Å². The Kier molecular flexibility index (Phi) is 3.22. The highest BCUT2D eigenvalue weighted by molar-refractivity contribution is 5.42. The number of hydrogen-bond donors (Lipinski definition) is 1. The number of benzene rings is 1. The predicted octanol–water partition coefficient (Wildman–Crippen LogP) is 3.33. The molecule has 2 heteroatoms. The highest BCUT2D eigenvalue weighted by Crippen LogP contribution is 2.45. The van der Waals surface area contributed by atoms with Crippen LogP contribution in [0.2, 0.25) is 0 Å². The van der Waals surface area contributed by atoms with Crippen molar-refractivity contribution >= 4 is 0 Å². The van der Waals surface area contributed by atoms with Crippen LogP contribution >= 0.6 is 0 Å². The number of ether oxygens (including phenoxy) is 1. The molecule has 0 aliphatic heterocycles. The van der Waals surface area contributed by atoms with Crippen LogP contribution in [-0.2, 0) is 12.8 Å². The molecule has 2 fully saturated rings. The second-order valence-electron chi connectivity index (χ2n) is 6.90. The van der Waals surface area contributed by atoms with Crippen LogP contribution in [0.5, 0.6) is 5.75 Å². The number of aryl methyl sites for hydroxylation is 1. The topological polar surface area (TPSA) is 21.3 Å². The van der Waals surface area contributed by atoms with Crippen molar-refractivity contribution in [2.45, 2.75) is 57.0 Å². The van der Waals surface area contributed by atoms with Crippen molar-refractivity contribution in [1.82, 2.24) is 5.32 Å². The first-order valence-electron chi connectivity index (χ1n) is 8.26. The lowest BCUT2D eigenvalue weighted by Gasteiger charge is -2.31. The van der Waals surface area contributed by atoms with Gasteiger partial charge in [0.2, 0.25) is 0 Å². The summed E-state index contributed by atoms with van der Waals surface area (Å²) >= 11 is 0. The Morgan fingerprint density at radius 2 is 1.85 bits per heavy atom. The maximum absolute atomic E-state index is 5.56. The second kappa shape index (κ2) is 5.07. The fourth-order valence-corrected chi connectivity index (χ4v) is 3.93. The zero-order chi connectivity index (χ0) is 13.5. The Morgan fingerprint density at radius 1 is 1.10 bits per heavy atom. The zero-order valence-electron chi connectivity index (χ0n) is 12.4. The molecule has 108 valence electrons. The molecule has 0 bridgehead atoms. The summed E-state index contributed by atoms with van der Waals surface area (Å²) in [7, 11) is 1.80. The van der Waals surface area contributed by atoms with E-state index in [9.17, 15) is 0 Å². The molecule has 2 saturated carbocycles. The second-order valence-corrected chi connectivity index (χ2v) is 6.90. The smallest absolute Gasteiger partial charge is 0.122 e. The summed E-state index contributed by atoms with van der Waals surface area (Å²) in [4.78, 5) is 0. The molecule has 20 heavy (non-hydrogen) atoms. The minimum atomic E-state index is 0.657. The molecule has 3 aliphatic rings. The molecule has 2 nitrogen and oxygen atoms in total. The van der Waals surface area contributed by atoms with Crippen LogP contribution < -0.4 is 10.1 Å². The molecule has 0 radical (unpaired) electrons. The third kappa shape index (κ3) is 2.46. The molecule has 1 atom stereocenters. The minimum absolute atomic E-state index is 0.657. The molecule has 0 spiro atoms. The van der Waals surface area contributed by atoms with E-state index in [1.165, 1.54) is 49.7 Å². The van der Waals surface area contributed by atoms with Gasteiger partial charge < -0.3 is 10.1 Å². The highest BCUT2D eigenvalue weighted by atomic mass is 16.5. The number of methoxy groups -OCH3 is 1. The zero-order valence-corrected chi connectivity index (χ0v) is 12.4. The van der Waals surface area contributed by atoms with Crippen LogP contribution in [0, 0.1) is 11.8 Å². The number of fused-ring (bicyclic) bond motifs is 1. The van der Waals surface area contributed by atoms with Gasteiger partial charge in [0.05, 0.1) is 7.11 Å². The SMILES string of the molecule is COc1cccc2c1C[C@H](NC(C1CC1)C1CC1)CC2. The summed E-state index contributed by atoms with van der Waals surface area (Å²) in [6.07, 6.45) is 9.47. The van der Waals surface area contributed by atoms with Gasteiger partial charge >= 0.3 is 0 Å². The Bertz CT molecular complexity index is 464.